The molecule has 2 aromatic heterocycles. The Morgan fingerprint density at radius 2 is 2.12 bits per heavy atom. The minimum Gasteiger partial charge on any atom is -0.377 e. The first-order valence-corrected chi connectivity index (χ1v) is 8.69. The van der Waals surface area contributed by atoms with Crippen LogP contribution in [0, 0.1) is 0 Å². The smallest absolute Gasteiger partial charge is 0.163 e. The van der Waals surface area contributed by atoms with E-state index in [0.29, 0.717) is 30.1 Å². The number of pyridine rings is 2. The fraction of sp³-hybridized carbons (Fsp3) is 0.444. The molecular weight excluding hydrogens is 326 g/mol. The first kappa shape index (κ1) is 15.8. The van der Waals surface area contributed by atoms with Crippen LogP contribution in [0.3, 0.4) is 0 Å². The minimum atomic E-state index is 0.291. The van der Waals surface area contributed by atoms with Crippen LogP contribution >= 0.6 is 11.6 Å². The zero-order valence-electron chi connectivity index (χ0n) is 13.7. The second-order valence-corrected chi connectivity index (χ2v) is 6.59. The maximum Gasteiger partial charge on any atom is 0.163 e. The number of morpholine rings is 1. The van der Waals surface area contributed by atoms with E-state index in [2.05, 4.69) is 29.0 Å². The molecule has 2 aliphatic heterocycles. The lowest BCUT2D eigenvalue weighted by molar-refractivity contribution is 0.0985. The summed E-state index contributed by atoms with van der Waals surface area (Å²) in [7, 11) is 0. The van der Waals surface area contributed by atoms with E-state index in [1.807, 2.05) is 12.1 Å². The normalized spacial score (nSPS) is 21.8. The number of halogens is 1. The summed E-state index contributed by atoms with van der Waals surface area (Å²) in [5.41, 5.74) is 3.17. The van der Waals surface area contributed by atoms with E-state index in [1.165, 1.54) is 11.1 Å². The second-order valence-electron chi connectivity index (χ2n) is 6.20. The summed E-state index contributed by atoms with van der Waals surface area (Å²) < 4.78 is 11.0. The van der Waals surface area contributed by atoms with Crippen molar-refractivity contribution in [1.82, 2.24) is 9.97 Å². The predicted molar refractivity (Wildman–Crippen MR) is 95.6 cm³/mol. The lowest BCUT2D eigenvalue weighted by Gasteiger charge is -2.34. The number of anilines is 1. The number of hydrogen-bond donors (Lipinski definition) is 0. The average molecular weight is 346 g/mol. The average Bonchev–Trinajstić information content (AvgIpc) is 2.61. The van der Waals surface area contributed by atoms with E-state index in [1.54, 1.807) is 0 Å². The van der Waals surface area contributed by atoms with E-state index in [0.717, 1.165) is 37.4 Å². The molecule has 0 unspecified atom stereocenters. The number of aromatic nitrogens is 2. The van der Waals surface area contributed by atoms with Crippen LogP contribution in [0.25, 0.3) is 16.6 Å². The zero-order chi connectivity index (χ0) is 16.5. The van der Waals surface area contributed by atoms with Crippen LogP contribution in [0.2, 0.25) is 5.15 Å². The first-order valence-electron chi connectivity index (χ1n) is 8.31. The standard InChI is InChI=1S/C18H20ClN3O2/c1-12-11-24-9-6-22(12)17-10-15(13-4-7-23-8-5-13)14-2-3-16(19)20-18(14)21-17/h2-4,10,12H,5-9,11H2,1H3/t12-/m0/s1. The van der Waals surface area contributed by atoms with E-state index in [4.69, 9.17) is 26.1 Å². The Morgan fingerprint density at radius 1 is 1.21 bits per heavy atom. The third kappa shape index (κ3) is 2.99. The van der Waals surface area contributed by atoms with Gasteiger partial charge in [-0.05, 0) is 42.7 Å². The lowest BCUT2D eigenvalue weighted by Crippen LogP contribution is -2.44. The van der Waals surface area contributed by atoms with Gasteiger partial charge in [-0.3, -0.25) is 0 Å². The van der Waals surface area contributed by atoms with Crippen LogP contribution in [0.4, 0.5) is 5.82 Å². The van der Waals surface area contributed by atoms with Gasteiger partial charge in [-0.25, -0.2) is 9.97 Å². The van der Waals surface area contributed by atoms with Crippen molar-refractivity contribution in [2.45, 2.75) is 19.4 Å². The summed E-state index contributed by atoms with van der Waals surface area (Å²) in [5.74, 6) is 0.940. The number of ether oxygens (including phenoxy) is 2. The van der Waals surface area contributed by atoms with Gasteiger partial charge in [0, 0.05) is 11.9 Å². The molecule has 1 atom stereocenters. The number of fused-ring (bicyclic) bond motifs is 1. The van der Waals surface area contributed by atoms with Gasteiger partial charge in [0.1, 0.15) is 11.0 Å². The largest absolute Gasteiger partial charge is 0.377 e. The maximum atomic E-state index is 6.10. The molecule has 0 bridgehead atoms. The van der Waals surface area contributed by atoms with Crippen LogP contribution < -0.4 is 4.90 Å². The summed E-state index contributed by atoms with van der Waals surface area (Å²) >= 11 is 6.10. The van der Waals surface area contributed by atoms with Gasteiger partial charge in [0.15, 0.2) is 5.65 Å². The molecule has 2 aromatic rings. The predicted octanol–water partition coefficient (Wildman–Crippen LogP) is 3.31. The number of rotatable bonds is 2. The van der Waals surface area contributed by atoms with Gasteiger partial charge in [0.25, 0.3) is 0 Å². The second kappa shape index (κ2) is 6.67. The van der Waals surface area contributed by atoms with Crippen molar-refractivity contribution in [3.8, 4) is 0 Å². The van der Waals surface area contributed by atoms with Crippen LogP contribution in [0.1, 0.15) is 18.9 Å². The van der Waals surface area contributed by atoms with Crippen molar-refractivity contribution in [3.05, 3.63) is 35.0 Å². The van der Waals surface area contributed by atoms with Crippen LogP contribution in [0.15, 0.2) is 24.3 Å². The van der Waals surface area contributed by atoms with Crippen molar-refractivity contribution in [1.29, 1.82) is 0 Å². The van der Waals surface area contributed by atoms with Crippen molar-refractivity contribution >= 4 is 34.0 Å². The molecule has 1 saturated heterocycles. The Kier molecular flexibility index (Phi) is 4.39. The van der Waals surface area contributed by atoms with Crippen molar-refractivity contribution in [2.24, 2.45) is 0 Å². The molecule has 126 valence electrons. The quantitative estimate of drug-likeness (QED) is 0.781. The number of hydrogen-bond acceptors (Lipinski definition) is 5. The third-order valence-corrected chi connectivity index (χ3v) is 4.81. The van der Waals surface area contributed by atoms with E-state index in [9.17, 15) is 0 Å². The van der Waals surface area contributed by atoms with Crippen LogP contribution in [-0.4, -0.2) is 49.0 Å². The number of nitrogens with zero attached hydrogens (tertiary/aromatic N) is 3. The molecule has 0 aliphatic carbocycles. The molecule has 0 aromatic carbocycles. The Hall–Kier alpha value is -1.69. The highest BCUT2D eigenvalue weighted by molar-refractivity contribution is 6.29. The highest BCUT2D eigenvalue weighted by Gasteiger charge is 2.22. The van der Waals surface area contributed by atoms with Gasteiger partial charge >= 0.3 is 0 Å². The molecule has 0 saturated carbocycles. The molecule has 0 N–H and O–H groups in total. The molecular formula is C18H20ClN3O2. The molecule has 1 fully saturated rings. The Balaban J connectivity index is 1.87. The summed E-state index contributed by atoms with van der Waals surface area (Å²) in [4.78, 5) is 11.5. The molecule has 2 aliphatic rings. The highest BCUT2D eigenvalue weighted by Crippen LogP contribution is 2.32. The Bertz CT molecular complexity index is 793. The first-order chi connectivity index (χ1) is 11.7. The molecule has 4 heterocycles. The van der Waals surface area contributed by atoms with Gasteiger partial charge in [-0.2, -0.15) is 0 Å². The molecule has 0 radical (unpaired) electrons. The summed E-state index contributed by atoms with van der Waals surface area (Å²) in [6.07, 6.45) is 3.05. The fourth-order valence-corrected chi connectivity index (χ4v) is 3.46. The molecule has 0 amide bonds. The van der Waals surface area contributed by atoms with E-state index < -0.39 is 0 Å². The highest BCUT2D eigenvalue weighted by atomic mass is 35.5. The van der Waals surface area contributed by atoms with Gasteiger partial charge in [0.2, 0.25) is 0 Å². The van der Waals surface area contributed by atoms with Crippen molar-refractivity contribution in [3.63, 3.8) is 0 Å². The summed E-state index contributed by atoms with van der Waals surface area (Å²) in [5, 5.41) is 1.51. The van der Waals surface area contributed by atoms with Gasteiger partial charge in [0.05, 0.1) is 32.5 Å². The van der Waals surface area contributed by atoms with Crippen molar-refractivity contribution < 1.29 is 9.47 Å². The molecule has 5 nitrogen and oxygen atoms in total. The summed E-state index contributed by atoms with van der Waals surface area (Å²) in [6.45, 7) is 5.84. The van der Waals surface area contributed by atoms with Gasteiger partial charge in [-0.15, -0.1) is 0 Å². The molecule has 0 spiro atoms. The minimum absolute atomic E-state index is 0.291. The topological polar surface area (TPSA) is 47.5 Å². The molecule has 6 heteroatoms. The van der Waals surface area contributed by atoms with E-state index >= 15 is 0 Å². The third-order valence-electron chi connectivity index (χ3n) is 4.60. The Morgan fingerprint density at radius 3 is 2.92 bits per heavy atom. The Labute approximate surface area is 146 Å². The summed E-state index contributed by atoms with van der Waals surface area (Å²) in [6, 6.07) is 6.30. The fourth-order valence-electron chi connectivity index (χ4n) is 3.32. The molecule has 24 heavy (non-hydrogen) atoms. The van der Waals surface area contributed by atoms with Crippen molar-refractivity contribution in [2.75, 3.05) is 37.9 Å². The maximum absolute atomic E-state index is 6.10. The van der Waals surface area contributed by atoms with Gasteiger partial charge < -0.3 is 14.4 Å². The monoisotopic (exact) mass is 345 g/mol. The zero-order valence-corrected chi connectivity index (χ0v) is 14.4. The van der Waals surface area contributed by atoms with Gasteiger partial charge in [-0.1, -0.05) is 17.7 Å². The SMILES string of the molecule is C[C@H]1COCCN1c1cc(C2=CCOCC2)c2ccc(Cl)nc2n1. The van der Waals surface area contributed by atoms with E-state index in [-0.39, 0.29) is 0 Å². The lowest BCUT2D eigenvalue weighted by atomic mass is 9.98. The molecule has 4 rings (SSSR count). The van der Waals surface area contributed by atoms with Crippen LogP contribution in [-0.2, 0) is 9.47 Å². The van der Waals surface area contributed by atoms with Crippen LogP contribution in [0.5, 0.6) is 0 Å².